The van der Waals surface area contributed by atoms with Crippen molar-refractivity contribution >= 4 is 21.9 Å². The van der Waals surface area contributed by atoms with Crippen LogP contribution in [0.25, 0.3) is 0 Å². The number of piperidine rings is 1. The predicted molar refractivity (Wildman–Crippen MR) is 61.7 cm³/mol. The van der Waals surface area contributed by atoms with Crippen LogP contribution in [0.2, 0.25) is 0 Å². The second-order valence-electron chi connectivity index (χ2n) is 4.31. The van der Waals surface area contributed by atoms with Crippen LogP contribution in [0.15, 0.2) is 16.9 Å². The zero-order valence-electron chi connectivity index (χ0n) is 8.28. The summed E-state index contributed by atoms with van der Waals surface area (Å²) >= 11 is 3.31. The average Bonchev–Trinajstić information content (AvgIpc) is 2.86. The molecule has 1 aliphatic heterocycles. The SMILES string of the molecule is Brc1cnc(NC[C@@H]2C[C@@H]3C[C@@H]3N2)nc1. The third-order valence-corrected chi connectivity index (χ3v) is 3.50. The zero-order valence-corrected chi connectivity index (χ0v) is 9.87. The summed E-state index contributed by atoms with van der Waals surface area (Å²) in [6.07, 6.45) is 6.20. The second-order valence-corrected chi connectivity index (χ2v) is 5.22. The molecule has 80 valence electrons. The molecule has 2 N–H and O–H groups in total. The Kier molecular flexibility index (Phi) is 2.36. The quantitative estimate of drug-likeness (QED) is 0.871. The van der Waals surface area contributed by atoms with Gasteiger partial charge >= 0.3 is 0 Å². The van der Waals surface area contributed by atoms with Crippen LogP contribution in [0.5, 0.6) is 0 Å². The van der Waals surface area contributed by atoms with Gasteiger partial charge in [-0.3, -0.25) is 0 Å². The van der Waals surface area contributed by atoms with E-state index in [0.29, 0.717) is 12.0 Å². The summed E-state index contributed by atoms with van der Waals surface area (Å²) in [6.45, 7) is 0.925. The molecule has 1 aromatic rings. The fourth-order valence-electron chi connectivity index (χ4n) is 2.21. The normalized spacial score (nSPS) is 32.5. The molecule has 2 heterocycles. The number of halogens is 1. The number of aromatic nitrogens is 2. The van der Waals surface area contributed by atoms with Gasteiger partial charge in [-0.1, -0.05) is 0 Å². The second kappa shape index (κ2) is 3.72. The Morgan fingerprint density at radius 1 is 1.40 bits per heavy atom. The van der Waals surface area contributed by atoms with E-state index in [4.69, 9.17) is 0 Å². The molecule has 5 heteroatoms. The minimum absolute atomic E-state index is 0.598. The first-order chi connectivity index (χ1) is 7.31. The lowest BCUT2D eigenvalue weighted by Crippen LogP contribution is -2.32. The van der Waals surface area contributed by atoms with Gasteiger partial charge in [0.1, 0.15) is 0 Å². The lowest BCUT2D eigenvalue weighted by Gasteiger charge is -2.13. The monoisotopic (exact) mass is 268 g/mol. The molecular weight excluding hydrogens is 256 g/mol. The molecule has 0 spiro atoms. The molecule has 1 saturated heterocycles. The Labute approximate surface area is 97.0 Å². The Hall–Kier alpha value is -0.680. The van der Waals surface area contributed by atoms with Crippen molar-refractivity contribution in [2.24, 2.45) is 5.92 Å². The third-order valence-electron chi connectivity index (χ3n) is 3.09. The molecular formula is C10H13BrN4. The Morgan fingerprint density at radius 2 is 2.20 bits per heavy atom. The van der Waals surface area contributed by atoms with Crippen LogP contribution in [-0.4, -0.2) is 28.6 Å². The van der Waals surface area contributed by atoms with Crippen LogP contribution in [0.4, 0.5) is 5.95 Å². The average molecular weight is 269 g/mol. The smallest absolute Gasteiger partial charge is 0.222 e. The molecule has 2 aliphatic rings. The van der Waals surface area contributed by atoms with Crippen LogP contribution in [-0.2, 0) is 0 Å². The van der Waals surface area contributed by atoms with Crippen LogP contribution in [0.1, 0.15) is 12.8 Å². The minimum atomic E-state index is 0.598. The third kappa shape index (κ3) is 2.13. The Morgan fingerprint density at radius 3 is 2.87 bits per heavy atom. The largest absolute Gasteiger partial charge is 0.353 e. The van der Waals surface area contributed by atoms with E-state index < -0.39 is 0 Å². The Balaban J connectivity index is 1.51. The first-order valence-electron chi connectivity index (χ1n) is 5.29. The number of nitrogens with one attached hydrogen (secondary N) is 2. The molecule has 4 nitrogen and oxygen atoms in total. The van der Waals surface area contributed by atoms with Crippen molar-refractivity contribution in [1.82, 2.24) is 15.3 Å². The topological polar surface area (TPSA) is 49.8 Å². The summed E-state index contributed by atoms with van der Waals surface area (Å²) in [5.41, 5.74) is 0. The van der Waals surface area contributed by atoms with Crippen LogP contribution < -0.4 is 10.6 Å². The summed E-state index contributed by atoms with van der Waals surface area (Å²) in [6, 6.07) is 1.41. The predicted octanol–water partition coefficient (Wildman–Crippen LogP) is 1.40. The highest BCUT2D eigenvalue weighted by Gasteiger charge is 2.45. The molecule has 1 aromatic heterocycles. The number of hydrogen-bond donors (Lipinski definition) is 2. The van der Waals surface area contributed by atoms with Gasteiger partial charge in [0.25, 0.3) is 0 Å². The van der Waals surface area contributed by atoms with Crippen LogP contribution in [0.3, 0.4) is 0 Å². The highest BCUT2D eigenvalue weighted by atomic mass is 79.9. The lowest BCUT2D eigenvalue weighted by molar-refractivity contribution is 0.560. The molecule has 0 radical (unpaired) electrons. The van der Waals surface area contributed by atoms with E-state index in [0.717, 1.165) is 23.0 Å². The highest BCUT2D eigenvalue weighted by Crippen LogP contribution is 2.40. The summed E-state index contributed by atoms with van der Waals surface area (Å²) < 4.78 is 0.910. The van der Waals surface area contributed by atoms with Crippen LogP contribution >= 0.6 is 15.9 Å². The molecule has 0 amide bonds. The van der Waals surface area contributed by atoms with Crippen molar-refractivity contribution in [2.45, 2.75) is 24.9 Å². The molecule has 3 atom stereocenters. The molecule has 15 heavy (non-hydrogen) atoms. The van der Waals surface area contributed by atoms with Crippen LogP contribution in [0, 0.1) is 5.92 Å². The van der Waals surface area contributed by atoms with Crippen molar-refractivity contribution in [1.29, 1.82) is 0 Å². The van der Waals surface area contributed by atoms with Gasteiger partial charge in [0.2, 0.25) is 5.95 Å². The van der Waals surface area contributed by atoms with E-state index in [2.05, 4.69) is 36.5 Å². The van der Waals surface area contributed by atoms with Crippen molar-refractivity contribution in [3.63, 3.8) is 0 Å². The van der Waals surface area contributed by atoms with E-state index in [1.165, 1.54) is 12.8 Å². The van der Waals surface area contributed by atoms with Crippen molar-refractivity contribution in [2.75, 3.05) is 11.9 Å². The number of nitrogens with zero attached hydrogens (tertiary/aromatic N) is 2. The standard InChI is InChI=1S/C10H13BrN4/c11-7-3-12-10(13-4-7)14-5-8-1-6-2-9(6)15-8/h3-4,6,8-9,15H,1-2,5H2,(H,12,13,14)/t6-,8+,9+/m1/s1. The van der Waals surface area contributed by atoms with Gasteiger partial charge < -0.3 is 10.6 Å². The first-order valence-corrected chi connectivity index (χ1v) is 6.08. The van der Waals surface area contributed by atoms with Gasteiger partial charge in [-0.2, -0.15) is 0 Å². The van der Waals surface area contributed by atoms with Crippen molar-refractivity contribution in [3.8, 4) is 0 Å². The van der Waals surface area contributed by atoms with Gasteiger partial charge in [-0.25, -0.2) is 9.97 Å². The number of fused-ring (bicyclic) bond motifs is 1. The fraction of sp³-hybridized carbons (Fsp3) is 0.600. The number of hydrogen-bond acceptors (Lipinski definition) is 4. The molecule has 0 aromatic carbocycles. The van der Waals surface area contributed by atoms with Gasteiger partial charge in [0.05, 0.1) is 4.47 Å². The lowest BCUT2D eigenvalue weighted by atomic mass is 10.2. The molecule has 3 rings (SSSR count). The highest BCUT2D eigenvalue weighted by molar-refractivity contribution is 9.10. The minimum Gasteiger partial charge on any atom is -0.353 e. The van der Waals surface area contributed by atoms with E-state index in [1.54, 1.807) is 12.4 Å². The van der Waals surface area contributed by atoms with Gasteiger partial charge in [0, 0.05) is 31.0 Å². The maximum absolute atomic E-state index is 4.17. The number of anilines is 1. The van der Waals surface area contributed by atoms with E-state index in [1.807, 2.05) is 0 Å². The summed E-state index contributed by atoms with van der Waals surface area (Å²) in [4.78, 5) is 8.35. The molecule has 1 aliphatic carbocycles. The fourth-order valence-corrected chi connectivity index (χ4v) is 2.41. The summed E-state index contributed by atoms with van der Waals surface area (Å²) in [5.74, 6) is 1.66. The van der Waals surface area contributed by atoms with Crippen molar-refractivity contribution in [3.05, 3.63) is 16.9 Å². The van der Waals surface area contributed by atoms with Gasteiger partial charge in [-0.15, -0.1) is 0 Å². The van der Waals surface area contributed by atoms with Crippen molar-refractivity contribution < 1.29 is 0 Å². The van der Waals surface area contributed by atoms with Gasteiger partial charge in [0.15, 0.2) is 0 Å². The maximum atomic E-state index is 4.17. The molecule has 0 bridgehead atoms. The maximum Gasteiger partial charge on any atom is 0.222 e. The Bertz CT molecular complexity index is 343. The summed E-state index contributed by atoms with van der Waals surface area (Å²) in [5, 5.41) is 6.83. The van der Waals surface area contributed by atoms with E-state index in [-0.39, 0.29) is 0 Å². The van der Waals surface area contributed by atoms with E-state index in [9.17, 15) is 0 Å². The molecule has 0 unspecified atom stereocenters. The van der Waals surface area contributed by atoms with Gasteiger partial charge in [-0.05, 0) is 34.7 Å². The van der Waals surface area contributed by atoms with E-state index >= 15 is 0 Å². The molecule has 1 saturated carbocycles. The summed E-state index contributed by atoms with van der Waals surface area (Å²) in [7, 11) is 0. The first kappa shape index (κ1) is 9.54. The zero-order chi connectivity index (χ0) is 10.3. The molecule has 2 fully saturated rings. The number of rotatable bonds is 3.